The lowest BCUT2D eigenvalue weighted by Crippen LogP contribution is -2.36. The number of ether oxygens (including phenoxy) is 1. The quantitative estimate of drug-likeness (QED) is 0.617. The highest BCUT2D eigenvalue weighted by Gasteiger charge is 2.15. The van der Waals surface area contributed by atoms with E-state index < -0.39 is 5.91 Å². The Morgan fingerprint density at radius 3 is 2.43 bits per heavy atom. The van der Waals surface area contributed by atoms with Crippen molar-refractivity contribution in [2.45, 2.75) is 0 Å². The maximum Gasteiger partial charge on any atom is 0.267 e. The summed E-state index contributed by atoms with van der Waals surface area (Å²) in [5.74, 6) is -0.582. The van der Waals surface area contributed by atoms with E-state index in [0.717, 1.165) is 24.5 Å². The number of para-hydroxylation sites is 3. The molecule has 2 aromatic rings. The van der Waals surface area contributed by atoms with Crippen LogP contribution in [0.15, 0.2) is 60.3 Å². The van der Waals surface area contributed by atoms with Gasteiger partial charge in [0.2, 0.25) is 0 Å². The normalized spacial score (nSPS) is 13.9. The van der Waals surface area contributed by atoms with Crippen LogP contribution in [0.5, 0.6) is 0 Å². The summed E-state index contributed by atoms with van der Waals surface area (Å²) >= 11 is 0. The second-order valence-corrected chi connectivity index (χ2v) is 6.04. The van der Waals surface area contributed by atoms with E-state index in [4.69, 9.17) is 10.00 Å². The van der Waals surface area contributed by atoms with Gasteiger partial charge in [0, 0.05) is 19.3 Å². The lowest BCUT2D eigenvalue weighted by atomic mass is 10.2. The smallest absolute Gasteiger partial charge is 0.267 e. The second kappa shape index (κ2) is 9.22. The summed E-state index contributed by atoms with van der Waals surface area (Å²) in [6.45, 7) is 2.88. The van der Waals surface area contributed by atoms with Gasteiger partial charge in [-0.2, -0.15) is 10.5 Å². The molecule has 0 saturated carbocycles. The van der Waals surface area contributed by atoms with Crippen molar-refractivity contribution in [2.75, 3.05) is 41.8 Å². The number of carbonyl (C=O) groups excluding carboxylic acids is 1. The van der Waals surface area contributed by atoms with E-state index in [-0.39, 0.29) is 5.57 Å². The third kappa shape index (κ3) is 4.47. The monoisotopic (exact) mass is 373 g/mol. The van der Waals surface area contributed by atoms with Crippen molar-refractivity contribution >= 4 is 23.0 Å². The van der Waals surface area contributed by atoms with Crippen LogP contribution in [0.3, 0.4) is 0 Å². The van der Waals surface area contributed by atoms with Gasteiger partial charge in [-0.05, 0) is 24.3 Å². The zero-order valence-electron chi connectivity index (χ0n) is 15.2. The molecule has 0 unspecified atom stereocenters. The number of nitrogens with one attached hydrogen (secondary N) is 2. The Balaban J connectivity index is 1.76. The third-order valence-electron chi connectivity index (χ3n) is 4.29. The van der Waals surface area contributed by atoms with Crippen LogP contribution in [-0.4, -0.2) is 32.2 Å². The molecule has 0 bridgehead atoms. The molecular formula is C21H19N5O2. The summed E-state index contributed by atoms with van der Waals surface area (Å²) in [5.41, 5.74) is 2.38. The number of carbonyl (C=O) groups is 1. The van der Waals surface area contributed by atoms with Gasteiger partial charge < -0.3 is 20.3 Å². The van der Waals surface area contributed by atoms with Crippen LogP contribution in [0.25, 0.3) is 0 Å². The number of rotatable bonds is 5. The molecule has 0 atom stereocenters. The molecule has 1 heterocycles. The van der Waals surface area contributed by atoms with Gasteiger partial charge in [0.25, 0.3) is 5.91 Å². The second-order valence-electron chi connectivity index (χ2n) is 6.04. The van der Waals surface area contributed by atoms with Crippen LogP contribution < -0.4 is 15.5 Å². The van der Waals surface area contributed by atoms with Crippen LogP contribution in [0.1, 0.15) is 5.56 Å². The number of benzene rings is 2. The van der Waals surface area contributed by atoms with Gasteiger partial charge >= 0.3 is 0 Å². The fourth-order valence-corrected chi connectivity index (χ4v) is 2.85. The molecule has 0 aromatic heterocycles. The van der Waals surface area contributed by atoms with Crippen LogP contribution in [0.4, 0.5) is 17.1 Å². The Bertz CT molecular complexity index is 965. The summed E-state index contributed by atoms with van der Waals surface area (Å²) in [5, 5.41) is 24.2. The number of nitriles is 2. The van der Waals surface area contributed by atoms with Crippen LogP contribution in [0.2, 0.25) is 0 Å². The molecule has 2 aromatic carbocycles. The molecule has 0 spiro atoms. The van der Waals surface area contributed by atoms with Gasteiger partial charge in [0.15, 0.2) is 0 Å². The average molecular weight is 373 g/mol. The van der Waals surface area contributed by atoms with Gasteiger partial charge in [-0.15, -0.1) is 0 Å². The van der Waals surface area contributed by atoms with Gasteiger partial charge in [-0.3, -0.25) is 4.79 Å². The van der Waals surface area contributed by atoms with E-state index in [2.05, 4.69) is 15.5 Å². The molecule has 0 radical (unpaired) electrons. The minimum Gasteiger partial charge on any atom is -0.378 e. The van der Waals surface area contributed by atoms with Gasteiger partial charge in [-0.25, -0.2) is 0 Å². The summed E-state index contributed by atoms with van der Waals surface area (Å²) in [6.07, 6.45) is 1.38. The van der Waals surface area contributed by atoms with Crippen LogP contribution in [0, 0.1) is 22.7 Å². The minimum absolute atomic E-state index is 0.0930. The Hall–Kier alpha value is -3.81. The fourth-order valence-electron chi connectivity index (χ4n) is 2.85. The molecule has 3 rings (SSSR count). The number of nitrogens with zero attached hydrogens (tertiary/aromatic N) is 3. The Morgan fingerprint density at radius 1 is 1.04 bits per heavy atom. The highest BCUT2D eigenvalue weighted by Crippen LogP contribution is 2.26. The molecule has 1 aliphatic rings. The standard InChI is InChI=1S/C21H19N5O2/c22-13-16-5-1-2-6-18(16)25-21(27)17(14-23)15-24-19-7-3-4-8-20(19)26-9-11-28-12-10-26/h1-8,15,24H,9-12H2,(H,25,27)/b17-15-. The summed E-state index contributed by atoms with van der Waals surface area (Å²) in [6, 6.07) is 18.2. The van der Waals surface area contributed by atoms with Crippen LogP contribution >= 0.6 is 0 Å². The summed E-state index contributed by atoms with van der Waals surface area (Å²) in [4.78, 5) is 14.6. The minimum atomic E-state index is -0.582. The lowest BCUT2D eigenvalue weighted by Gasteiger charge is -2.30. The predicted octanol–water partition coefficient (Wildman–Crippen LogP) is 2.85. The van der Waals surface area contributed by atoms with E-state index in [1.165, 1.54) is 6.20 Å². The highest BCUT2D eigenvalue weighted by atomic mass is 16.5. The van der Waals surface area contributed by atoms with Crippen molar-refractivity contribution < 1.29 is 9.53 Å². The van der Waals surface area contributed by atoms with E-state index in [1.807, 2.05) is 36.4 Å². The largest absolute Gasteiger partial charge is 0.378 e. The molecule has 1 amide bonds. The van der Waals surface area contributed by atoms with Gasteiger partial charge in [0.1, 0.15) is 17.7 Å². The van der Waals surface area contributed by atoms with Crippen molar-refractivity contribution in [1.82, 2.24) is 0 Å². The molecule has 1 aliphatic heterocycles. The van der Waals surface area contributed by atoms with E-state index >= 15 is 0 Å². The number of hydrogen-bond acceptors (Lipinski definition) is 6. The SMILES string of the molecule is N#C/C(=C/Nc1ccccc1N1CCOCC1)C(=O)Nc1ccccc1C#N. The van der Waals surface area contributed by atoms with Crippen molar-refractivity contribution in [2.24, 2.45) is 0 Å². The maximum absolute atomic E-state index is 12.4. The molecule has 7 heteroatoms. The van der Waals surface area contributed by atoms with Gasteiger partial charge in [0.05, 0.1) is 35.8 Å². The third-order valence-corrected chi connectivity index (χ3v) is 4.29. The number of anilines is 3. The van der Waals surface area contributed by atoms with E-state index in [0.29, 0.717) is 24.5 Å². The zero-order valence-corrected chi connectivity index (χ0v) is 15.2. The molecule has 1 fully saturated rings. The van der Waals surface area contributed by atoms with Crippen LogP contribution in [-0.2, 0) is 9.53 Å². The summed E-state index contributed by atoms with van der Waals surface area (Å²) < 4.78 is 5.39. The average Bonchev–Trinajstić information content (AvgIpc) is 2.75. The fraction of sp³-hybridized carbons (Fsp3) is 0.190. The Kier molecular flexibility index (Phi) is 6.25. The van der Waals surface area contributed by atoms with E-state index in [9.17, 15) is 10.1 Å². The first-order valence-corrected chi connectivity index (χ1v) is 8.82. The Labute approximate surface area is 163 Å². The molecule has 2 N–H and O–H groups in total. The number of morpholine rings is 1. The number of hydrogen-bond donors (Lipinski definition) is 2. The topological polar surface area (TPSA) is 101 Å². The molecule has 0 aliphatic carbocycles. The molecular weight excluding hydrogens is 354 g/mol. The maximum atomic E-state index is 12.4. The molecule has 1 saturated heterocycles. The predicted molar refractivity (Wildman–Crippen MR) is 107 cm³/mol. The first-order valence-electron chi connectivity index (χ1n) is 8.82. The lowest BCUT2D eigenvalue weighted by molar-refractivity contribution is -0.112. The van der Waals surface area contributed by atoms with Crippen molar-refractivity contribution in [3.8, 4) is 12.1 Å². The van der Waals surface area contributed by atoms with Gasteiger partial charge in [-0.1, -0.05) is 24.3 Å². The Morgan fingerprint density at radius 2 is 1.71 bits per heavy atom. The molecule has 28 heavy (non-hydrogen) atoms. The first-order chi connectivity index (χ1) is 13.7. The molecule has 7 nitrogen and oxygen atoms in total. The van der Waals surface area contributed by atoms with Crippen molar-refractivity contribution in [1.29, 1.82) is 10.5 Å². The zero-order chi connectivity index (χ0) is 19.8. The molecule has 140 valence electrons. The van der Waals surface area contributed by atoms with E-state index in [1.54, 1.807) is 24.3 Å². The summed E-state index contributed by atoms with van der Waals surface area (Å²) in [7, 11) is 0. The van der Waals surface area contributed by atoms with Crippen molar-refractivity contribution in [3.63, 3.8) is 0 Å². The first kappa shape index (κ1) is 19.0. The van der Waals surface area contributed by atoms with Crippen molar-refractivity contribution in [3.05, 3.63) is 65.9 Å². The number of amides is 1. The highest BCUT2D eigenvalue weighted by molar-refractivity contribution is 6.07.